The number of ether oxygens (including phenoxy) is 2. The van der Waals surface area contributed by atoms with Crippen LogP contribution in [-0.4, -0.2) is 24.5 Å². The van der Waals surface area contributed by atoms with Crippen LogP contribution in [0.15, 0.2) is 24.3 Å². The maximum Gasteiger partial charge on any atom is 0.313 e. The van der Waals surface area contributed by atoms with Crippen LogP contribution in [0.5, 0.6) is 5.75 Å². The largest absolute Gasteiger partial charge is 0.497 e. The van der Waals surface area contributed by atoms with Gasteiger partial charge in [0, 0.05) is 12.3 Å². The van der Waals surface area contributed by atoms with E-state index >= 15 is 0 Å². The molecule has 2 atom stereocenters. The molecule has 0 N–H and O–H groups in total. The van der Waals surface area contributed by atoms with Crippen LogP contribution in [0.2, 0.25) is 0 Å². The molecule has 1 saturated carbocycles. The summed E-state index contributed by atoms with van der Waals surface area (Å²) in [6, 6.07) is 7.60. The molecule has 2 unspecified atom stereocenters. The fourth-order valence-electron chi connectivity index (χ4n) is 3.90. The lowest BCUT2D eigenvalue weighted by Gasteiger charge is -2.44. The Kier molecular flexibility index (Phi) is 4.67. The minimum Gasteiger partial charge on any atom is -0.497 e. The number of hydrogen-bond donors (Lipinski definition) is 1. The molecule has 0 amide bonds. The van der Waals surface area contributed by atoms with Crippen LogP contribution in [0.1, 0.15) is 49.3 Å². The zero-order chi connectivity index (χ0) is 16.4. The molecule has 1 aliphatic carbocycles. The van der Waals surface area contributed by atoms with E-state index in [2.05, 4.69) is 0 Å². The third-order valence-electron chi connectivity index (χ3n) is 5.06. The molecule has 0 aromatic heterocycles. The summed E-state index contributed by atoms with van der Waals surface area (Å²) in [5.41, 5.74) is 0.129. The van der Waals surface area contributed by atoms with Crippen LogP contribution in [0, 0.1) is 5.92 Å². The summed E-state index contributed by atoms with van der Waals surface area (Å²) >= 11 is 4.80. The number of ketones is 1. The van der Waals surface area contributed by atoms with Crippen LogP contribution in [0.25, 0.3) is 0 Å². The second-order valence-electron chi connectivity index (χ2n) is 6.48. The fraction of sp³-hybridized carbons (Fsp3) is 0.556. The molecule has 1 aromatic carbocycles. The first-order valence-corrected chi connectivity index (χ1v) is 8.62. The van der Waals surface area contributed by atoms with Gasteiger partial charge >= 0.3 is 5.97 Å². The summed E-state index contributed by atoms with van der Waals surface area (Å²) < 4.78 is 11.0. The minimum absolute atomic E-state index is 0.0410. The van der Waals surface area contributed by atoms with Gasteiger partial charge in [0.05, 0.1) is 12.4 Å². The number of rotatable bonds is 4. The number of benzene rings is 1. The topological polar surface area (TPSA) is 52.6 Å². The van der Waals surface area contributed by atoms with Gasteiger partial charge in [-0.25, -0.2) is 0 Å². The van der Waals surface area contributed by atoms with Crippen LogP contribution in [-0.2, 0) is 14.3 Å². The van der Waals surface area contributed by atoms with E-state index in [0.717, 1.165) is 37.0 Å². The van der Waals surface area contributed by atoms with Crippen LogP contribution < -0.4 is 4.74 Å². The predicted octanol–water partition coefficient (Wildman–Crippen LogP) is 3.50. The SMILES string of the molecule is COc1ccc(C(S)C2(C3CCCC3)CC(=O)CC(=O)O2)cc1. The Balaban J connectivity index is 1.96. The first-order chi connectivity index (χ1) is 11.0. The first kappa shape index (κ1) is 16.4. The summed E-state index contributed by atoms with van der Waals surface area (Å²) in [5, 5.41) is -0.315. The van der Waals surface area contributed by atoms with Crippen molar-refractivity contribution in [2.24, 2.45) is 5.92 Å². The molecule has 3 rings (SSSR count). The molecule has 1 heterocycles. The quantitative estimate of drug-likeness (QED) is 0.520. The van der Waals surface area contributed by atoms with Crippen molar-refractivity contribution in [1.29, 1.82) is 0 Å². The van der Waals surface area contributed by atoms with E-state index in [1.807, 2.05) is 24.3 Å². The van der Waals surface area contributed by atoms with Gasteiger partial charge in [0.2, 0.25) is 0 Å². The second-order valence-corrected chi connectivity index (χ2v) is 6.99. The van der Waals surface area contributed by atoms with Crippen molar-refractivity contribution in [3.8, 4) is 5.75 Å². The highest BCUT2D eigenvalue weighted by Crippen LogP contribution is 2.50. The highest BCUT2D eigenvalue weighted by atomic mass is 32.1. The van der Waals surface area contributed by atoms with E-state index in [-0.39, 0.29) is 29.8 Å². The number of cyclic esters (lactones) is 1. The highest BCUT2D eigenvalue weighted by Gasteiger charge is 2.52. The van der Waals surface area contributed by atoms with Gasteiger partial charge in [0.25, 0.3) is 0 Å². The zero-order valence-electron chi connectivity index (χ0n) is 13.3. The zero-order valence-corrected chi connectivity index (χ0v) is 14.2. The van der Waals surface area contributed by atoms with E-state index in [4.69, 9.17) is 22.1 Å². The molecule has 1 aromatic rings. The second kappa shape index (κ2) is 6.56. The van der Waals surface area contributed by atoms with Gasteiger partial charge in [-0.1, -0.05) is 25.0 Å². The molecule has 0 bridgehead atoms. The van der Waals surface area contributed by atoms with Crippen molar-refractivity contribution >= 4 is 24.4 Å². The van der Waals surface area contributed by atoms with Gasteiger partial charge in [0.1, 0.15) is 23.6 Å². The van der Waals surface area contributed by atoms with Crippen molar-refractivity contribution in [3.63, 3.8) is 0 Å². The maximum atomic E-state index is 12.1. The van der Waals surface area contributed by atoms with E-state index in [0.29, 0.717) is 0 Å². The molecule has 1 saturated heterocycles. The molecule has 5 heteroatoms. The summed E-state index contributed by atoms with van der Waals surface area (Å²) in [5.74, 6) is 0.502. The monoisotopic (exact) mass is 334 g/mol. The Labute approximate surface area is 142 Å². The molecule has 124 valence electrons. The Morgan fingerprint density at radius 2 is 1.87 bits per heavy atom. The summed E-state index contributed by atoms with van der Waals surface area (Å²) in [7, 11) is 1.62. The first-order valence-electron chi connectivity index (χ1n) is 8.11. The summed E-state index contributed by atoms with van der Waals surface area (Å²) in [4.78, 5) is 24.1. The number of methoxy groups -OCH3 is 1. The molecule has 2 aliphatic rings. The normalized spacial score (nSPS) is 26.9. The number of hydrogen-bond acceptors (Lipinski definition) is 5. The Bertz CT molecular complexity index is 574. The average molecular weight is 334 g/mol. The van der Waals surface area contributed by atoms with Gasteiger partial charge in [-0.3, -0.25) is 9.59 Å². The van der Waals surface area contributed by atoms with Crippen molar-refractivity contribution in [2.45, 2.75) is 49.4 Å². The van der Waals surface area contributed by atoms with Gasteiger partial charge in [0.15, 0.2) is 0 Å². The van der Waals surface area contributed by atoms with Crippen molar-refractivity contribution in [2.75, 3.05) is 7.11 Å². The number of Topliss-reactive ketones (excluding diaryl/α,β-unsaturated/α-hetero) is 1. The Morgan fingerprint density at radius 1 is 1.22 bits per heavy atom. The van der Waals surface area contributed by atoms with Crippen molar-refractivity contribution in [1.82, 2.24) is 0 Å². The molecular weight excluding hydrogens is 312 g/mol. The standard InChI is InChI=1S/C18H22O4S/c1-21-15-8-6-12(7-9-15)17(23)18(13-4-2-3-5-13)11-14(19)10-16(20)22-18/h6-9,13,17,23H,2-5,10-11H2,1H3. The number of thiol groups is 1. The van der Waals surface area contributed by atoms with E-state index in [1.54, 1.807) is 7.11 Å². The maximum absolute atomic E-state index is 12.1. The van der Waals surface area contributed by atoms with E-state index < -0.39 is 11.6 Å². The van der Waals surface area contributed by atoms with Crippen molar-refractivity contribution in [3.05, 3.63) is 29.8 Å². The lowest BCUT2D eigenvalue weighted by atomic mass is 9.75. The molecule has 0 spiro atoms. The Morgan fingerprint density at radius 3 is 2.43 bits per heavy atom. The predicted molar refractivity (Wildman–Crippen MR) is 89.7 cm³/mol. The van der Waals surface area contributed by atoms with Crippen LogP contribution >= 0.6 is 12.6 Å². The summed E-state index contributed by atoms with van der Waals surface area (Å²) in [6.07, 6.45) is 4.34. The Hall–Kier alpha value is -1.49. The molecule has 4 nitrogen and oxygen atoms in total. The fourth-order valence-corrected chi connectivity index (χ4v) is 4.43. The number of esters is 1. The van der Waals surface area contributed by atoms with Gasteiger partial charge in [-0.15, -0.1) is 0 Å². The molecule has 1 aliphatic heterocycles. The summed E-state index contributed by atoms with van der Waals surface area (Å²) in [6.45, 7) is 0. The third kappa shape index (κ3) is 3.11. The van der Waals surface area contributed by atoms with Crippen LogP contribution in [0.4, 0.5) is 0 Å². The lowest BCUT2D eigenvalue weighted by molar-refractivity contribution is -0.177. The van der Waals surface area contributed by atoms with Gasteiger partial charge in [-0.05, 0) is 30.5 Å². The van der Waals surface area contributed by atoms with E-state index in [9.17, 15) is 9.59 Å². The molecular formula is C18H22O4S. The number of carbonyl (C=O) groups excluding carboxylic acids is 2. The average Bonchev–Trinajstić information content (AvgIpc) is 3.08. The molecule has 2 fully saturated rings. The van der Waals surface area contributed by atoms with Crippen molar-refractivity contribution < 1.29 is 19.1 Å². The minimum atomic E-state index is -0.819. The van der Waals surface area contributed by atoms with Gasteiger partial charge in [-0.2, -0.15) is 12.6 Å². The highest BCUT2D eigenvalue weighted by molar-refractivity contribution is 7.80. The smallest absolute Gasteiger partial charge is 0.313 e. The lowest BCUT2D eigenvalue weighted by Crippen LogP contribution is -2.50. The number of carbonyl (C=O) groups is 2. The van der Waals surface area contributed by atoms with E-state index in [1.165, 1.54) is 0 Å². The van der Waals surface area contributed by atoms with Gasteiger partial charge < -0.3 is 9.47 Å². The molecule has 0 radical (unpaired) electrons. The third-order valence-corrected chi connectivity index (χ3v) is 5.79. The van der Waals surface area contributed by atoms with Crippen LogP contribution in [0.3, 0.4) is 0 Å². The molecule has 23 heavy (non-hydrogen) atoms.